The lowest BCUT2D eigenvalue weighted by molar-refractivity contribution is -0.116. The van der Waals surface area contributed by atoms with Crippen LogP contribution in [-0.2, 0) is 16.0 Å². The molecule has 28 heavy (non-hydrogen) atoms. The number of hydrogen-bond donors (Lipinski definition) is 2. The van der Waals surface area contributed by atoms with Crippen LogP contribution in [0.2, 0.25) is 0 Å². The molecule has 0 aliphatic carbocycles. The van der Waals surface area contributed by atoms with Gasteiger partial charge in [-0.3, -0.25) is 14.6 Å². The van der Waals surface area contributed by atoms with E-state index in [2.05, 4.69) is 29.1 Å². The maximum absolute atomic E-state index is 12.5. The predicted octanol–water partition coefficient (Wildman–Crippen LogP) is 2.61. The topological polar surface area (TPSA) is 87.3 Å². The Labute approximate surface area is 165 Å². The van der Waals surface area contributed by atoms with E-state index in [1.54, 1.807) is 0 Å². The molecule has 1 fully saturated rings. The van der Waals surface area contributed by atoms with Gasteiger partial charge in [-0.05, 0) is 30.9 Å². The molecule has 0 atom stereocenters. The van der Waals surface area contributed by atoms with Crippen LogP contribution in [0.4, 0.5) is 11.6 Å². The number of carbonyl (C=O) groups excluding carboxylic acids is 1. The monoisotopic (exact) mass is 384 g/mol. The fourth-order valence-electron chi connectivity index (χ4n) is 3.38. The molecular formula is C21H28N4O3. The summed E-state index contributed by atoms with van der Waals surface area (Å²) < 4.78 is 5.34. The Morgan fingerprint density at radius 1 is 1.29 bits per heavy atom. The number of carbonyl (C=O) groups is 1. The zero-order valence-corrected chi connectivity index (χ0v) is 16.7. The number of H-pyrrole nitrogens is 1. The van der Waals surface area contributed by atoms with Crippen LogP contribution < -0.4 is 15.8 Å². The molecule has 150 valence electrons. The van der Waals surface area contributed by atoms with E-state index < -0.39 is 0 Å². The minimum atomic E-state index is -0.177. The highest BCUT2D eigenvalue weighted by Gasteiger charge is 2.17. The van der Waals surface area contributed by atoms with Gasteiger partial charge in [-0.25, -0.2) is 4.98 Å². The van der Waals surface area contributed by atoms with Crippen LogP contribution in [0.3, 0.4) is 0 Å². The van der Waals surface area contributed by atoms with Crippen LogP contribution in [0, 0.1) is 6.92 Å². The van der Waals surface area contributed by atoms with E-state index in [1.165, 1.54) is 0 Å². The van der Waals surface area contributed by atoms with E-state index in [9.17, 15) is 9.59 Å². The zero-order chi connectivity index (χ0) is 20.1. The Hall–Kier alpha value is -2.67. The third-order valence-electron chi connectivity index (χ3n) is 4.98. The van der Waals surface area contributed by atoms with Crippen molar-refractivity contribution in [3.8, 4) is 0 Å². The fourth-order valence-corrected chi connectivity index (χ4v) is 3.38. The lowest BCUT2D eigenvalue weighted by Crippen LogP contribution is -2.38. The molecule has 1 saturated heterocycles. The summed E-state index contributed by atoms with van der Waals surface area (Å²) >= 11 is 0. The first kappa shape index (κ1) is 20.1. The first-order valence-corrected chi connectivity index (χ1v) is 9.77. The molecule has 0 bridgehead atoms. The van der Waals surface area contributed by atoms with Crippen molar-refractivity contribution in [1.29, 1.82) is 0 Å². The third kappa shape index (κ3) is 4.78. The average molecular weight is 384 g/mol. The second-order valence-electron chi connectivity index (χ2n) is 7.34. The maximum Gasteiger partial charge on any atom is 0.255 e. The van der Waals surface area contributed by atoms with Crippen LogP contribution in [0.15, 0.2) is 29.1 Å². The standard InChI is InChI=1S/C21H28N4O3/c1-14(2)16-6-4-5-7-18(16)23-19(26)9-8-17-15(3)22-21(24-20(17)27)25-10-12-28-13-11-25/h4-7,14H,8-13H2,1-3H3,(H,23,26)(H,22,24,27). The van der Waals surface area contributed by atoms with E-state index >= 15 is 0 Å². The number of nitrogens with one attached hydrogen (secondary N) is 2. The van der Waals surface area contributed by atoms with Crippen LogP contribution in [0.5, 0.6) is 0 Å². The summed E-state index contributed by atoms with van der Waals surface area (Å²) in [6.45, 7) is 8.68. The smallest absolute Gasteiger partial charge is 0.255 e. The lowest BCUT2D eigenvalue weighted by atomic mass is 10.0. The molecule has 1 aliphatic rings. The van der Waals surface area contributed by atoms with Gasteiger partial charge in [-0.15, -0.1) is 0 Å². The van der Waals surface area contributed by atoms with E-state index in [0.717, 1.165) is 11.3 Å². The quantitative estimate of drug-likeness (QED) is 0.799. The minimum Gasteiger partial charge on any atom is -0.378 e. The van der Waals surface area contributed by atoms with Crippen molar-refractivity contribution in [3.63, 3.8) is 0 Å². The molecule has 0 saturated carbocycles. The van der Waals surface area contributed by atoms with E-state index in [1.807, 2.05) is 36.1 Å². The number of morpholine rings is 1. The molecule has 1 aliphatic heterocycles. The number of aromatic amines is 1. The Kier molecular flexibility index (Phi) is 6.46. The largest absolute Gasteiger partial charge is 0.378 e. The highest BCUT2D eigenvalue weighted by Crippen LogP contribution is 2.23. The molecule has 1 aromatic carbocycles. The second kappa shape index (κ2) is 9.01. The Balaban J connectivity index is 1.66. The van der Waals surface area contributed by atoms with Crippen molar-refractivity contribution >= 4 is 17.5 Å². The highest BCUT2D eigenvalue weighted by atomic mass is 16.5. The van der Waals surface area contributed by atoms with Crippen molar-refractivity contribution < 1.29 is 9.53 Å². The van der Waals surface area contributed by atoms with Gasteiger partial charge >= 0.3 is 0 Å². The first-order chi connectivity index (χ1) is 13.5. The number of ether oxygens (including phenoxy) is 1. The van der Waals surface area contributed by atoms with Gasteiger partial charge in [0.25, 0.3) is 5.56 Å². The number of nitrogens with zero attached hydrogens (tertiary/aromatic N) is 2. The van der Waals surface area contributed by atoms with Crippen molar-refractivity contribution in [3.05, 3.63) is 51.4 Å². The number of amides is 1. The van der Waals surface area contributed by atoms with E-state index in [4.69, 9.17) is 4.74 Å². The van der Waals surface area contributed by atoms with Gasteiger partial charge in [-0.1, -0.05) is 32.0 Å². The van der Waals surface area contributed by atoms with E-state index in [-0.39, 0.29) is 17.9 Å². The zero-order valence-electron chi connectivity index (χ0n) is 16.7. The molecule has 0 radical (unpaired) electrons. The SMILES string of the molecule is Cc1nc(N2CCOCC2)[nH]c(=O)c1CCC(=O)Nc1ccccc1C(C)C. The van der Waals surface area contributed by atoms with Crippen LogP contribution in [0.25, 0.3) is 0 Å². The van der Waals surface area contributed by atoms with Crippen molar-refractivity contribution in [1.82, 2.24) is 9.97 Å². The van der Waals surface area contributed by atoms with Crippen LogP contribution in [-0.4, -0.2) is 42.2 Å². The summed E-state index contributed by atoms with van der Waals surface area (Å²) in [6.07, 6.45) is 0.585. The average Bonchev–Trinajstić information content (AvgIpc) is 2.68. The van der Waals surface area contributed by atoms with Gasteiger partial charge in [0, 0.05) is 36.5 Å². The van der Waals surface area contributed by atoms with Gasteiger partial charge < -0.3 is 15.0 Å². The molecule has 2 N–H and O–H groups in total. The number of anilines is 2. The normalized spacial score (nSPS) is 14.4. The third-order valence-corrected chi connectivity index (χ3v) is 4.98. The van der Waals surface area contributed by atoms with Gasteiger partial charge in [0.15, 0.2) is 0 Å². The molecule has 0 unspecified atom stereocenters. The molecule has 1 amide bonds. The summed E-state index contributed by atoms with van der Waals surface area (Å²) in [7, 11) is 0. The molecule has 2 heterocycles. The van der Waals surface area contributed by atoms with E-state index in [0.29, 0.717) is 55.8 Å². The van der Waals surface area contributed by atoms with Crippen LogP contribution >= 0.6 is 0 Å². The number of hydrogen-bond acceptors (Lipinski definition) is 5. The number of rotatable bonds is 6. The molecule has 0 spiro atoms. The summed E-state index contributed by atoms with van der Waals surface area (Å²) in [5.41, 5.74) is 2.98. The van der Waals surface area contributed by atoms with Crippen molar-refractivity contribution in [2.45, 2.75) is 39.5 Å². The summed E-state index contributed by atoms with van der Waals surface area (Å²) in [5, 5.41) is 2.97. The fraction of sp³-hybridized carbons (Fsp3) is 0.476. The van der Waals surface area contributed by atoms with Crippen molar-refractivity contribution in [2.24, 2.45) is 0 Å². The van der Waals surface area contributed by atoms with Crippen molar-refractivity contribution in [2.75, 3.05) is 36.5 Å². The first-order valence-electron chi connectivity index (χ1n) is 9.77. The lowest BCUT2D eigenvalue weighted by Gasteiger charge is -2.27. The summed E-state index contributed by atoms with van der Waals surface area (Å²) in [6, 6.07) is 7.80. The predicted molar refractivity (Wildman–Crippen MR) is 110 cm³/mol. The number of benzene rings is 1. The highest BCUT2D eigenvalue weighted by molar-refractivity contribution is 5.91. The van der Waals surface area contributed by atoms with Gasteiger partial charge in [0.05, 0.1) is 13.2 Å². The number of aryl methyl sites for hydroxylation is 1. The second-order valence-corrected chi connectivity index (χ2v) is 7.34. The molecule has 7 nitrogen and oxygen atoms in total. The minimum absolute atomic E-state index is 0.107. The Morgan fingerprint density at radius 3 is 2.68 bits per heavy atom. The van der Waals surface area contributed by atoms with Gasteiger partial charge in [0.2, 0.25) is 11.9 Å². The molecule has 2 aromatic rings. The molecular weight excluding hydrogens is 356 g/mol. The Bertz CT molecular complexity index is 885. The Morgan fingerprint density at radius 2 is 2.00 bits per heavy atom. The van der Waals surface area contributed by atoms with Crippen LogP contribution in [0.1, 0.15) is 43.0 Å². The summed E-state index contributed by atoms with van der Waals surface area (Å²) in [4.78, 5) is 34.4. The number of aromatic nitrogens is 2. The molecule has 7 heteroatoms. The number of para-hydroxylation sites is 1. The summed E-state index contributed by atoms with van der Waals surface area (Å²) in [5.74, 6) is 0.785. The molecule has 1 aromatic heterocycles. The van der Waals surface area contributed by atoms with Gasteiger partial charge in [-0.2, -0.15) is 0 Å². The van der Waals surface area contributed by atoms with Gasteiger partial charge in [0.1, 0.15) is 0 Å². The maximum atomic E-state index is 12.5. The molecule has 3 rings (SSSR count).